The maximum atomic E-state index is 13.4. The summed E-state index contributed by atoms with van der Waals surface area (Å²) >= 11 is 7.04. The zero-order chi connectivity index (χ0) is 15.0. The van der Waals surface area contributed by atoms with Gasteiger partial charge in [-0.25, -0.2) is 8.78 Å². The summed E-state index contributed by atoms with van der Waals surface area (Å²) in [5.74, 6) is -0.805. The molecule has 0 spiro atoms. The van der Waals surface area contributed by atoms with Crippen molar-refractivity contribution in [2.75, 3.05) is 0 Å². The smallest absolute Gasteiger partial charge is 0.142 e. The lowest BCUT2D eigenvalue weighted by Crippen LogP contribution is -1.99. The molecule has 0 bridgehead atoms. The van der Waals surface area contributed by atoms with Crippen LogP contribution in [0.3, 0.4) is 0 Å². The van der Waals surface area contributed by atoms with Crippen LogP contribution in [0.5, 0.6) is 0 Å². The van der Waals surface area contributed by atoms with Crippen molar-refractivity contribution in [3.8, 4) is 0 Å². The Bertz CT molecular complexity index is 800. The van der Waals surface area contributed by atoms with E-state index in [-0.39, 0.29) is 17.3 Å². The van der Waals surface area contributed by atoms with Crippen LogP contribution in [0.4, 0.5) is 8.78 Å². The topological polar surface area (TPSA) is 20.2 Å². The summed E-state index contributed by atoms with van der Waals surface area (Å²) in [5, 5.41) is 11.1. The number of aliphatic hydroxyl groups is 1. The van der Waals surface area contributed by atoms with Gasteiger partial charge in [0.1, 0.15) is 11.6 Å². The zero-order valence-electron chi connectivity index (χ0n) is 10.8. The van der Waals surface area contributed by atoms with E-state index in [1.807, 2.05) is 0 Å². The lowest BCUT2D eigenvalue weighted by Gasteiger charge is -2.08. The van der Waals surface area contributed by atoms with Crippen LogP contribution in [0.1, 0.15) is 16.5 Å². The van der Waals surface area contributed by atoms with Gasteiger partial charge in [0.2, 0.25) is 0 Å². The molecule has 1 heterocycles. The molecule has 0 aliphatic heterocycles. The third kappa shape index (κ3) is 3.07. The Morgan fingerprint density at radius 1 is 1.10 bits per heavy atom. The predicted molar refractivity (Wildman–Crippen MR) is 81.9 cm³/mol. The van der Waals surface area contributed by atoms with Gasteiger partial charge in [-0.05, 0) is 47.3 Å². The van der Waals surface area contributed by atoms with Gasteiger partial charge in [-0.1, -0.05) is 17.7 Å². The molecule has 108 valence electrons. The Morgan fingerprint density at radius 2 is 1.90 bits per heavy atom. The number of halogens is 3. The third-order valence-corrected chi connectivity index (χ3v) is 4.76. The maximum absolute atomic E-state index is 13.4. The molecular formula is C16H11ClF2OS. The van der Waals surface area contributed by atoms with E-state index in [9.17, 15) is 13.9 Å². The Kier molecular flexibility index (Phi) is 3.93. The molecule has 21 heavy (non-hydrogen) atoms. The summed E-state index contributed by atoms with van der Waals surface area (Å²) in [6.07, 6.45) is -0.477. The number of aliphatic hydroxyl groups excluding tert-OH is 1. The largest absolute Gasteiger partial charge is 0.387 e. The molecule has 0 amide bonds. The second-order valence-electron chi connectivity index (χ2n) is 4.80. The van der Waals surface area contributed by atoms with Crippen molar-refractivity contribution in [3.05, 3.63) is 69.6 Å². The number of benzene rings is 2. The van der Waals surface area contributed by atoms with Crippen LogP contribution in [0, 0.1) is 11.6 Å². The molecule has 3 rings (SSSR count). The molecule has 3 aromatic rings. The fourth-order valence-electron chi connectivity index (χ4n) is 2.19. The van der Waals surface area contributed by atoms with Gasteiger partial charge in [0.15, 0.2) is 0 Å². The molecule has 5 heteroatoms. The van der Waals surface area contributed by atoms with Crippen LogP contribution in [0.25, 0.3) is 10.1 Å². The Balaban J connectivity index is 1.85. The highest BCUT2D eigenvalue weighted by atomic mass is 35.5. The molecule has 0 saturated carbocycles. The van der Waals surface area contributed by atoms with E-state index >= 15 is 0 Å². The third-order valence-electron chi connectivity index (χ3n) is 3.24. The summed E-state index contributed by atoms with van der Waals surface area (Å²) in [4.78, 5) is 0.728. The van der Waals surface area contributed by atoms with E-state index in [2.05, 4.69) is 0 Å². The quantitative estimate of drug-likeness (QED) is 0.710. The van der Waals surface area contributed by atoms with Gasteiger partial charge in [-0.3, -0.25) is 0 Å². The SMILES string of the molecule is OC(Cc1ccc(Cl)c(F)c1)c1cc2cc(F)ccc2s1. The molecular weight excluding hydrogens is 314 g/mol. The van der Waals surface area contributed by atoms with E-state index in [0.717, 1.165) is 15.0 Å². The first-order valence-corrected chi connectivity index (χ1v) is 7.53. The molecule has 1 aromatic heterocycles. The summed E-state index contributed by atoms with van der Waals surface area (Å²) in [5.41, 5.74) is 0.660. The molecule has 0 aliphatic rings. The summed E-state index contributed by atoms with van der Waals surface area (Å²) in [6.45, 7) is 0. The van der Waals surface area contributed by atoms with Crippen molar-refractivity contribution in [2.24, 2.45) is 0 Å². The van der Waals surface area contributed by atoms with Crippen LogP contribution in [0.2, 0.25) is 5.02 Å². The second kappa shape index (κ2) is 5.72. The standard InChI is InChI=1S/C16H11ClF2OS/c17-12-3-1-9(5-13(12)19)6-14(20)16-8-10-7-11(18)2-4-15(10)21-16/h1-5,7-8,14,20H,6H2. The molecule has 1 unspecified atom stereocenters. The van der Waals surface area contributed by atoms with E-state index < -0.39 is 11.9 Å². The van der Waals surface area contributed by atoms with Crippen LogP contribution in [0.15, 0.2) is 42.5 Å². The van der Waals surface area contributed by atoms with E-state index in [0.29, 0.717) is 5.56 Å². The number of fused-ring (bicyclic) bond motifs is 1. The van der Waals surface area contributed by atoms with Crippen LogP contribution >= 0.6 is 22.9 Å². The highest BCUT2D eigenvalue weighted by Crippen LogP contribution is 2.32. The minimum atomic E-state index is -0.758. The highest BCUT2D eigenvalue weighted by Gasteiger charge is 2.13. The normalized spacial score (nSPS) is 12.8. The lowest BCUT2D eigenvalue weighted by atomic mass is 10.1. The highest BCUT2D eigenvalue weighted by molar-refractivity contribution is 7.19. The molecule has 0 saturated heterocycles. The lowest BCUT2D eigenvalue weighted by molar-refractivity contribution is 0.182. The van der Waals surface area contributed by atoms with Crippen LogP contribution < -0.4 is 0 Å². The summed E-state index contributed by atoms with van der Waals surface area (Å²) in [7, 11) is 0. The van der Waals surface area contributed by atoms with Crippen molar-refractivity contribution >= 4 is 33.0 Å². The minimum Gasteiger partial charge on any atom is -0.387 e. The first kappa shape index (κ1) is 14.4. The van der Waals surface area contributed by atoms with E-state index in [4.69, 9.17) is 11.6 Å². The molecule has 2 aromatic carbocycles. The Hall–Kier alpha value is -1.49. The van der Waals surface area contributed by atoms with Crippen molar-refractivity contribution in [3.63, 3.8) is 0 Å². The Morgan fingerprint density at radius 3 is 2.67 bits per heavy atom. The van der Waals surface area contributed by atoms with Crippen LogP contribution in [-0.4, -0.2) is 5.11 Å². The molecule has 0 radical (unpaired) electrons. The van der Waals surface area contributed by atoms with Crippen molar-refractivity contribution < 1.29 is 13.9 Å². The number of rotatable bonds is 3. The molecule has 1 nitrogen and oxygen atoms in total. The first-order valence-electron chi connectivity index (χ1n) is 6.34. The van der Waals surface area contributed by atoms with E-state index in [1.165, 1.54) is 35.6 Å². The number of thiophene rings is 1. The van der Waals surface area contributed by atoms with Gasteiger partial charge in [-0.2, -0.15) is 0 Å². The van der Waals surface area contributed by atoms with Gasteiger partial charge in [0.05, 0.1) is 11.1 Å². The zero-order valence-corrected chi connectivity index (χ0v) is 12.4. The maximum Gasteiger partial charge on any atom is 0.142 e. The predicted octanol–water partition coefficient (Wildman–Crippen LogP) is 5.11. The van der Waals surface area contributed by atoms with Crippen molar-refractivity contribution in [1.29, 1.82) is 0 Å². The number of hydrogen-bond donors (Lipinski definition) is 1. The Labute approximate surface area is 129 Å². The van der Waals surface area contributed by atoms with Gasteiger partial charge < -0.3 is 5.11 Å². The van der Waals surface area contributed by atoms with Gasteiger partial charge in [0, 0.05) is 16.0 Å². The summed E-state index contributed by atoms with van der Waals surface area (Å²) < 4.78 is 27.5. The molecule has 1 N–H and O–H groups in total. The minimum absolute atomic E-state index is 0.0607. The fraction of sp³-hybridized carbons (Fsp3) is 0.125. The molecule has 1 atom stereocenters. The van der Waals surface area contributed by atoms with Gasteiger partial charge >= 0.3 is 0 Å². The summed E-state index contributed by atoms with van der Waals surface area (Å²) in [6, 6.07) is 10.8. The van der Waals surface area contributed by atoms with E-state index in [1.54, 1.807) is 18.2 Å². The second-order valence-corrected chi connectivity index (χ2v) is 6.32. The first-order chi connectivity index (χ1) is 10.0. The average molecular weight is 325 g/mol. The van der Waals surface area contributed by atoms with Crippen molar-refractivity contribution in [1.82, 2.24) is 0 Å². The van der Waals surface area contributed by atoms with Crippen molar-refractivity contribution in [2.45, 2.75) is 12.5 Å². The fourth-order valence-corrected chi connectivity index (χ4v) is 3.34. The average Bonchev–Trinajstić information content (AvgIpc) is 2.86. The molecule has 0 aliphatic carbocycles. The van der Waals surface area contributed by atoms with Gasteiger partial charge in [-0.15, -0.1) is 11.3 Å². The number of hydrogen-bond acceptors (Lipinski definition) is 2. The van der Waals surface area contributed by atoms with Gasteiger partial charge in [0.25, 0.3) is 0 Å². The van der Waals surface area contributed by atoms with Crippen LogP contribution in [-0.2, 0) is 6.42 Å². The monoisotopic (exact) mass is 324 g/mol. The molecule has 0 fully saturated rings.